The van der Waals surface area contributed by atoms with E-state index in [1.54, 1.807) is 0 Å². The average molecular weight is 418 g/mol. The average Bonchev–Trinajstić information content (AvgIpc) is 3.08. The fraction of sp³-hybridized carbons (Fsp3) is 0.562. The highest BCUT2D eigenvalue weighted by atomic mass is 127. The number of aryl methyl sites for hydroxylation is 1. The number of fused-ring (bicyclic) bond motifs is 1. The van der Waals surface area contributed by atoms with Crippen molar-refractivity contribution >= 4 is 45.2 Å². The second-order valence-corrected chi connectivity index (χ2v) is 7.43. The Kier molecular flexibility index (Phi) is 5.07. The van der Waals surface area contributed by atoms with Crippen LogP contribution in [0.25, 0.3) is 11.0 Å². The molecule has 1 aliphatic heterocycles. The minimum Gasteiger partial charge on any atom is -0.326 e. The molecule has 1 fully saturated rings. The topological polar surface area (TPSA) is 21.1 Å². The van der Waals surface area contributed by atoms with E-state index in [0.717, 1.165) is 24.3 Å². The summed E-state index contributed by atoms with van der Waals surface area (Å²) < 4.78 is 3.60. The number of aromatic nitrogens is 2. The van der Waals surface area contributed by atoms with Crippen LogP contribution in [-0.4, -0.2) is 39.5 Å². The Labute approximate surface area is 144 Å². The Hall–Kier alpha value is -0.330. The highest BCUT2D eigenvalue weighted by Crippen LogP contribution is 2.22. The standard InChI is InChI=1S/C16H21ClIN3/c1-12(20-8-2-3-9-20)11-21-15-5-4-13(18)10-14(15)19-16(21)6-7-17/h4-5,10,12H,2-3,6-9,11H2,1H3. The number of rotatable bonds is 5. The van der Waals surface area contributed by atoms with E-state index in [1.165, 1.54) is 35.0 Å². The molecule has 21 heavy (non-hydrogen) atoms. The summed E-state index contributed by atoms with van der Waals surface area (Å²) >= 11 is 8.31. The molecule has 1 unspecified atom stereocenters. The minimum absolute atomic E-state index is 0.554. The molecular formula is C16H21ClIN3. The first-order valence-corrected chi connectivity index (χ1v) is 9.25. The summed E-state index contributed by atoms with van der Waals surface area (Å²) in [6.07, 6.45) is 3.50. The van der Waals surface area contributed by atoms with Gasteiger partial charge in [-0.05, 0) is 73.6 Å². The largest absolute Gasteiger partial charge is 0.326 e. The van der Waals surface area contributed by atoms with Gasteiger partial charge in [-0.25, -0.2) is 4.98 Å². The zero-order valence-corrected chi connectivity index (χ0v) is 15.3. The Bertz CT molecular complexity index is 619. The second kappa shape index (κ2) is 6.84. The molecule has 1 aromatic carbocycles. The van der Waals surface area contributed by atoms with Crippen molar-refractivity contribution in [3.8, 4) is 0 Å². The lowest BCUT2D eigenvalue weighted by Crippen LogP contribution is -2.34. The van der Waals surface area contributed by atoms with E-state index < -0.39 is 0 Å². The lowest BCUT2D eigenvalue weighted by atomic mass is 10.2. The van der Waals surface area contributed by atoms with Crippen molar-refractivity contribution in [2.24, 2.45) is 0 Å². The van der Waals surface area contributed by atoms with Crippen LogP contribution in [-0.2, 0) is 13.0 Å². The first-order valence-electron chi connectivity index (χ1n) is 7.63. The number of halogens is 2. The Morgan fingerprint density at radius 3 is 2.81 bits per heavy atom. The lowest BCUT2D eigenvalue weighted by Gasteiger charge is -2.25. The number of likely N-dealkylation sites (tertiary alicyclic amines) is 1. The van der Waals surface area contributed by atoms with Crippen LogP contribution in [0.2, 0.25) is 0 Å². The molecule has 0 saturated carbocycles. The lowest BCUT2D eigenvalue weighted by molar-refractivity contribution is 0.236. The van der Waals surface area contributed by atoms with Crippen molar-refractivity contribution in [2.45, 2.75) is 38.8 Å². The third-order valence-corrected chi connectivity index (χ3v) is 5.18. The molecule has 3 nitrogen and oxygen atoms in total. The normalized spacial score (nSPS) is 17.7. The van der Waals surface area contributed by atoms with Crippen molar-refractivity contribution in [1.29, 1.82) is 0 Å². The number of alkyl halides is 1. The maximum Gasteiger partial charge on any atom is 0.111 e. The van der Waals surface area contributed by atoms with Crippen LogP contribution < -0.4 is 0 Å². The van der Waals surface area contributed by atoms with Gasteiger partial charge in [0.05, 0.1) is 11.0 Å². The van der Waals surface area contributed by atoms with Gasteiger partial charge in [-0.3, -0.25) is 4.90 Å². The number of nitrogens with zero attached hydrogens (tertiary/aromatic N) is 3. The van der Waals surface area contributed by atoms with Gasteiger partial charge in [0.15, 0.2) is 0 Å². The molecular weight excluding hydrogens is 397 g/mol. The van der Waals surface area contributed by atoms with Crippen LogP contribution in [0.3, 0.4) is 0 Å². The van der Waals surface area contributed by atoms with E-state index in [0.29, 0.717) is 11.9 Å². The maximum atomic E-state index is 5.97. The van der Waals surface area contributed by atoms with Gasteiger partial charge >= 0.3 is 0 Å². The Balaban J connectivity index is 1.92. The van der Waals surface area contributed by atoms with Crippen LogP contribution in [0.15, 0.2) is 18.2 Å². The van der Waals surface area contributed by atoms with Crippen molar-refractivity contribution in [2.75, 3.05) is 19.0 Å². The first-order chi connectivity index (χ1) is 10.2. The summed E-state index contributed by atoms with van der Waals surface area (Å²) in [7, 11) is 0. The van der Waals surface area contributed by atoms with E-state index in [2.05, 4.69) is 57.2 Å². The van der Waals surface area contributed by atoms with Gasteiger partial charge < -0.3 is 4.57 Å². The highest BCUT2D eigenvalue weighted by Gasteiger charge is 2.20. The third kappa shape index (κ3) is 3.37. The van der Waals surface area contributed by atoms with Gasteiger partial charge in [-0.15, -0.1) is 11.6 Å². The molecule has 0 N–H and O–H groups in total. The van der Waals surface area contributed by atoms with Gasteiger partial charge in [0, 0.05) is 28.5 Å². The molecule has 114 valence electrons. The van der Waals surface area contributed by atoms with Crippen molar-refractivity contribution < 1.29 is 0 Å². The summed E-state index contributed by atoms with van der Waals surface area (Å²) in [5.74, 6) is 1.74. The molecule has 5 heteroatoms. The molecule has 2 heterocycles. The predicted molar refractivity (Wildman–Crippen MR) is 97.1 cm³/mol. The first kappa shape index (κ1) is 15.6. The summed E-state index contributed by atoms with van der Waals surface area (Å²) in [5.41, 5.74) is 2.33. The van der Waals surface area contributed by atoms with Crippen LogP contribution >= 0.6 is 34.2 Å². The summed E-state index contributed by atoms with van der Waals surface area (Å²) in [4.78, 5) is 7.38. The SMILES string of the molecule is CC(Cn1c(CCCl)nc2cc(I)ccc21)N1CCCC1. The van der Waals surface area contributed by atoms with E-state index in [9.17, 15) is 0 Å². The molecule has 0 radical (unpaired) electrons. The molecule has 1 aromatic heterocycles. The fourth-order valence-corrected chi connectivity index (χ4v) is 3.84. The maximum absolute atomic E-state index is 5.97. The quantitative estimate of drug-likeness (QED) is 0.543. The smallest absolute Gasteiger partial charge is 0.111 e. The Morgan fingerprint density at radius 2 is 2.10 bits per heavy atom. The fourth-order valence-electron chi connectivity index (χ4n) is 3.19. The van der Waals surface area contributed by atoms with Gasteiger partial charge in [0.25, 0.3) is 0 Å². The number of benzene rings is 1. The number of hydrogen-bond acceptors (Lipinski definition) is 2. The number of hydrogen-bond donors (Lipinski definition) is 0. The zero-order chi connectivity index (χ0) is 14.8. The summed E-state index contributed by atoms with van der Waals surface area (Å²) in [6.45, 7) is 5.80. The molecule has 0 bridgehead atoms. The van der Waals surface area contributed by atoms with Crippen LogP contribution in [0, 0.1) is 3.57 Å². The second-order valence-electron chi connectivity index (χ2n) is 5.80. The predicted octanol–water partition coefficient (Wildman–Crippen LogP) is 3.91. The summed E-state index contributed by atoms with van der Waals surface area (Å²) in [5, 5.41) is 0. The molecule has 1 atom stereocenters. The van der Waals surface area contributed by atoms with Crippen LogP contribution in [0.1, 0.15) is 25.6 Å². The molecule has 0 spiro atoms. The van der Waals surface area contributed by atoms with Crippen molar-refractivity contribution in [3.05, 3.63) is 27.6 Å². The van der Waals surface area contributed by atoms with Crippen LogP contribution in [0.5, 0.6) is 0 Å². The van der Waals surface area contributed by atoms with Gasteiger partial charge in [0.2, 0.25) is 0 Å². The minimum atomic E-state index is 0.554. The Morgan fingerprint density at radius 1 is 1.33 bits per heavy atom. The molecule has 0 aliphatic carbocycles. The van der Waals surface area contributed by atoms with E-state index in [4.69, 9.17) is 16.6 Å². The van der Waals surface area contributed by atoms with Gasteiger partial charge in [-0.1, -0.05) is 0 Å². The molecule has 1 saturated heterocycles. The summed E-state index contributed by atoms with van der Waals surface area (Å²) in [6, 6.07) is 7.06. The molecule has 0 amide bonds. The number of imidazole rings is 1. The van der Waals surface area contributed by atoms with Crippen LogP contribution in [0.4, 0.5) is 0 Å². The van der Waals surface area contributed by atoms with Gasteiger partial charge in [0.1, 0.15) is 5.82 Å². The zero-order valence-electron chi connectivity index (χ0n) is 12.4. The molecule has 2 aromatic rings. The highest BCUT2D eigenvalue weighted by molar-refractivity contribution is 14.1. The monoisotopic (exact) mass is 417 g/mol. The molecule has 1 aliphatic rings. The van der Waals surface area contributed by atoms with E-state index in [-0.39, 0.29) is 0 Å². The third-order valence-electron chi connectivity index (χ3n) is 4.32. The molecule has 3 rings (SSSR count). The van der Waals surface area contributed by atoms with E-state index >= 15 is 0 Å². The van der Waals surface area contributed by atoms with Crippen molar-refractivity contribution in [3.63, 3.8) is 0 Å². The van der Waals surface area contributed by atoms with E-state index in [1.807, 2.05) is 0 Å². The van der Waals surface area contributed by atoms with Crippen molar-refractivity contribution in [1.82, 2.24) is 14.5 Å². The van der Waals surface area contributed by atoms with Gasteiger partial charge in [-0.2, -0.15) is 0 Å².